The summed E-state index contributed by atoms with van der Waals surface area (Å²) in [6, 6.07) is 14.4. The van der Waals surface area contributed by atoms with Crippen molar-refractivity contribution < 1.29 is 19.1 Å². The van der Waals surface area contributed by atoms with Gasteiger partial charge in [0, 0.05) is 45.8 Å². The second kappa shape index (κ2) is 13.9. The second-order valence-electron chi connectivity index (χ2n) is 13.0. The van der Waals surface area contributed by atoms with Gasteiger partial charge in [-0.2, -0.15) is 5.10 Å². The summed E-state index contributed by atoms with van der Waals surface area (Å²) in [4.78, 5) is 48.8. The highest BCUT2D eigenvalue weighted by Gasteiger charge is 2.50. The highest BCUT2D eigenvalue weighted by atomic mass is 28.2. The number of nitrogens with one attached hydrogen (secondary N) is 4. The van der Waals surface area contributed by atoms with Gasteiger partial charge in [-0.1, -0.05) is 49.8 Å². The molecule has 11 nitrogen and oxygen atoms in total. The Morgan fingerprint density at radius 2 is 1.94 bits per heavy atom. The van der Waals surface area contributed by atoms with Gasteiger partial charge in [-0.25, -0.2) is 4.98 Å². The lowest BCUT2D eigenvalue weighted by atomic mass is 9.65. The predicted octanol–water partition coefficient (Wildman–Crippen LogP) is 3.81. The van der Waals surface area contributed by atoms with Gasteiger partial charge in [-0.15, -0.1) is 0 Å². The fourth-order valence-electron chi connectivity index (χ4n) is 7.10. The van der Waals surface area contributed by atoms with Crippen molar-refractivity contribution in [1.82, 2.24) is 35.7 Å². The number of amides is 3. The number of hydrogen-bond donors (Lipinski definition) is 4. The van der Waals surface area contributed by atoms with Gasteiger partial charge in [0.1, 0.15) is 29.4 Å². The van der Waals surface area contributed by atoms with E-state index in [4.69, 9.17) is 9.72 Å². The summed E-state index contributed by atoms with van der Waals surface area (Å²) in [5, 5.41) is 13.5. The largest absolute Gasteiger partial charge is 0.493 e. The summed E-state index contributed by atoms with van der Waals surface area (Å²) in [6.07, 6.45) is 4.55. The molecule has 0 spiro atoms. The first-order chi connectivity index (χ1) is 23.2. The number of likely N-dealkylation sites (N-methyl/N-ethyl adjacent to an activating group) is 1. The lowest BCUT2D eigenvalue weighted by molar-refractivity contribution is -0.131. The second-order valence-corrected chi connectivity index (χ2v) is 13.9. The van der Waals surface area contributed by atoms with Crippen molar-refractivity contribution in [2.45, 2.75) is 70.0 Å². The summed E-state index contributed by atoms with van der Waals surface area (Å²) >= 11 is 0. The van der Waals surface area contributed by atoms with E-state index in [1.807, 2.05) is 50.2 Å². The molecule has 48 heavy (non-hydrogen) atoms. The molecule has 1 fully saturated rings. The topological polar surface area (TPSA) is 143 Å². The molecular weight excluding hydrogens is 623 g/mol. The van der Waals surface area contributed by atoms with Crippen molar-refractivity contribution in [3.63, 3.8) is 0 Å². The zero-order valence-corrected chi connectivity index (χ0v) is 29.2. The molecule has 0 bridgehead atoms. The van der Waals surface area contributed by atoms with Crippen molar-refractivity contribution >= 4 is 43.6 Å². The van der Waals surface area contributed by atoms with E-state index in [1.54, 1.807) is 24.0 Å². The monoisotopic (exact) mass is 666 g/mol. The van der Waals surface area contributed by atoms with Crippen molar-refractivity contribution in [3.8, 4) is 5.75 Å². The summed E-state index contributed by atoms with van der Waals surface area (Å²) in [7, 11) is 2.22. The number of fused-ring (bicyclic) bond motifs is 2. The zero-order chi connectivity index (χ0) is 34.0. The third-order valence-electron chi connectivity index (χ3n) is 10.1. The van der Waals surface area contributed by atoms with Crippen LogP contribution in [0.3, 0.4) is 0 Å². The van der Waals surface area contributed by atoms with Gasteiger partial charge in [0.15, 0.2) is 0 Å². The van der Waals surface area contributed by atoms with E-state index >= 15 is 0 Å². The first kappa shape index (κ1) is 33.3. The van der Waals surface area contributed by atoms with Gasteiger partial charge < -0.3 is 25.7 Å². The van der Waals surface area contributed by atoms with Gasteiger partial charge in [-0.05, 0) is 62.4 Å². The Morgan fingerprint density at radius 3 is 2.62 bits per heavy atom. The summed E-state index contributed by atoms with van der Waals surface area (Å²) < 4.78 is 7.75. The minimum Gasteiger partial charge on any atom is -0.493 e. The Bertz CT molecular complexity index is 1850. The molecule has 1 aliphatic carbocycles. The number of ether oxygens (including phenoxy) is 1. The van der Waals surface area contributed by atoms with Crippen LogP contribution in [-0.4, -0.2) is 71.5 Å². The van der Waals surface area contributed by atoms with Crippen molar-refractivity contribution in [2.24, 2.45) is 18.9 Å². The number of carbonyl (C=O) groups excluding carboxylic acids is 3. The van der Waals surface area contributed by atoms with Crippen LogP contribution in [0.5, 0.6) is 5.75 Å². The molecule has 4 N–H and O–H groups in total. The van der Waals surface area contributed by atoms with E-state index in [-0.39, 0.29) is 29.6 Å². The maximum absolute atomic E-state index is 13.9. The molecule has 4 aromatic rings. The Hall–Kier alpha value is -4.58. The highest BCUT2D eigenvalue weighted by Crippen LogP contribution is 2.48. The predicted molar refractivity (Wildman–Crippen MR) is 186 cm³/mol. The lowest BCUT2D eigenvalue weighted by Gasteiger charge is -2.46. The van der Waals surface area contributed by atoms with Crippen LogP contribution in [-0.2, 0) is 22.1 Å². The first-order valence-corrected chi connectivity index (χ1v) is 18.4. The molecule has 3 heterocycles. The number of para-hydroxylation sites is 1. The summed E-state index contributed by atoms with van der Waals surface area (Å²) in [5.74, 6) is 0.476. The van der Waals surface area contributed by atoms with E-state index in [0.29, 0.717) is 33.8 Å². The van der Waals surface area contributed by atoms with Crippen LogP contribution in [0, 0.1) is 11.8 Å². The maximum atomic E-state index is 13.9. The molecule has 251 valence electrons. The molecule has 12 heteroatoms. The number of H-pyrrole nitrogens is 1. The quantitative estimate of drug-likeness (QED) is 0.179. The number of carbonyl (C=O) groups is 3. The zero-order valence-electron chi connectivity index (χ0n) is 28.2. The van der Waals surface area contributed by atoms with Crippen molar-refractivity contribution in [2.75, 3.05) is 13.2 Å². The van der Waals surface area contributed by atoms with Crippen LogP contribution in [0.25, 0.3) is 11.0 Å². The highest BCUT2D eigenvalue weighted by molar-refractivity contribution is 6.47. The smallest absolute Gasteiger partial charge is 0.270 e. The fraction of sp³-hybridized carbons (Fsp3) is 0.444. The van der Waals surface area contributed by atoms with Gasteiger partial charge in [0.2, 0.25) is 11.8 Å². The van der Waals surface area contributed by atoms with Crippen molar-refractivity contribution in [3.05, 3.63) is 77.4 Å². The minimum atomic E-state index is -0.643. The molecule has 0 saturated heterocycles. The number of aryl methyl sites for hydroxylation is 1. The average Bonchev–Trinajstić information content (AvgIpc) is 3.69. The lowest BCUT2D eigenvalue weighted by Crippen LogP contribution is -2.53. The van der Waals surface area contributed by atoms with Crippen LogP contribution in [0.1, 0.15) is 79.4 Å². The summed E-state index contributed by atoms with van der Waals surface area (Å²) in [6.45, 7) is 9.01. The molecule has 2 aromatic carbocycles. The Kier molecular flexibility index (Phi) is 9.63. The third-order valence-corrected chi connectivity index (χ3v) is 10.9. The Balaban J connectivity index is 1.38. The number of aromatic amines is 1. The van der Waals surface area contributed by atoms with Gasteiger partial charge in [0.05, 0.1) is 23.6 Å². The standard InChI is InChI=1S/C36H44N7O4Si/c1-6-37-35(46)30(23-10-9-11-23)41-33(44)22(3)24-14-15-26-27(18-24)40-32(39-26)31(42-34(45)28-16-17-38-43(28)4)36(20-48-5)21(2)19-47-29-13-8-7-12-25(29)36/h7-8,12-18,20-23,30-31H,6,9-11,19H2,1-5H3,(H,37,46)(H,39,40)(H,41,44)(H,42,45)/t21?,22?,30-,31-,36-/m1/s1. The molecular formula is C36H44N7O4Si. The van der Waals surface area contributed by atoms with Crippen LogP contribution in [0.4, 0.5) is 0 Å². The molecule has 1 radical (unpaired) electrons. The minimum absolute atomic E-state index is 0.00213. The molecule has 5 atom stereocenters. The molecule has 2 aliphatic rings. The molecule has 1 saturated carbocycles. The van der Waals surface area contributed by atoms with Crippen LogP contribution in [0.2, 0.25) is 6.55 Å². The third kappa shape index (κ3) is 6.09. The molecule has 6 rings (SSSR count). The number of aromatic nitrogens is 4. The Labute approximate surface area is 283 Å². The number of imidazole rings is 1. The van der Waals surface area contributed by atoms with Crippen molar-refractivity contribution in [1.29, 1.82) is 0 Å². The molecule has 3 amide bonds. The van der Waals surface area contributed by atoms with Gasteiger partial charge >= 0.3 is 0 Å². The molecule has 2 unspecified atom stereocenters. The van der Waals surface area contributed by atoms with Crippen LogP contribution in [0.15, 0.2) is 54.7 Å². The summed E-state index contributed by atoms with van der Waals surface area (Å²) in [5.41, 5.74) is 5.36. The van der Waals surface area contributed by atoms with E-state index < -0.39 is 23.4 Å². The maximum Gasteiger partial charge on any atom is 0.270 e. The average molecular weight is 667 g/mol. The Morgan fingerprint density at radius 1 is 1.15 bits per heavy atom. The SMILES string of the molecule is CCNC(=O)[C@H](NC(=O)C(C)c1ccc2nc([C@@H](NC(=O)c3ccnn3C)[C@@]3(/C=[Si]/C)c4ccccc4OCC3C)[nH]c2c1)C1CCC1. The number of rotatable bonds is 11. The van der Waals surface area contributed by atoms with E-state index in [0.717, 1.165) is 47.2 Å². The molecule has 2 aromatic heterocycles. The van der Waals surface area contributed by atoms with E-state index in [2.05, 4.69) is 51.2 Å². The fourth-order valence-corrected chi connectivity index (χ4v) is 8.19. The number of benzene rings is 2. The van der Waals surface area contributed by atoms with Crippen LogP contribution < -0.4 is 20.7 Å². The number of nitrogens with zero attached hydrogens (tertiary/aromatic N) is 3. The van der Waals surface area contributed by atoms with Gasteiger partial charge in [-0.3, -0.25) is 19.1 Å². The number of hydrogen-bond acceptors (Lipinski definition) is 6. The molecule has 1 aliphatic heterocycles. The van der Waals surface area contributed by atoms with Gasteiger partial charge in [0.25, 0.3) is 5.91 Å². The van der Waals surface area contributed by atoms with E-state index in [1.165, 1.54) is 0 Å². The first-order valence-electron chi connectivity index (χ1n) is 16.8. The van der Waals surface area contributed by atoms with Crippen LogP contribution >= 0.6 is 0 Å². The van der Waals surface area contributed by atoms with E-state index in [9.17, 15) is 14.4 Å². The normalized spacial score (nSPS) is 21.1.